The Morgan fingerprint density at radius 1 is 1.35 bits per heavy atom. The van der Waals surface area contributed by atoms with Crippen LogP contribution in [0.3, 0.4) is 0 Å². The average molecular weight is 335 g/mol. The quantitative estimate of drug-likeness (QED) is 0.929. The van der Waals surface area contributed by atoms with E-state index in [2.05, 4.69) is 26.2 Å². The molecule has 3 nitrogen and oxygen atoms in total. The van der Waals surface area contributed by atoms with Crippen LogP contribution in [-0.4, -0.2) is 10.9 Å². The van der Waals surface area contributed by atoms with Gasteiger partial charge in [-0.05, 0) is 58.1 Å². The molecule has 1 aromatic heterocycles. The molecule has 0 radical (unpaired) electrons. The van der Waals surface area contributed by atoms with Crippen molar-refractivity contribution >= 4 is 27.7 Å². The fourth-order valence-corrected chi connectivity index (χ4v) is 2.49. The third-order valence-electron chi connectivity index (χ3n) is 3.38. The first-order chi connectivity index (χ1) is 9.63. The number of hydrogen-bond acceptors (Lipinski definition) is 2. The van der Waals surface area contributed by atoms with Crippen molar-refractivity contribution in [1.29, 1.82) is 0 Å². The second-order valence-electron chi connectivity index (χ2n) is 4.85. The van der Waals surface area contributed by atoms with Gasteiger partial charge in [-0.3, -0.25) is 4.79 Å². The summed E-state index contributed by atoms with van der Waals surface area (Å²) in [6, 6.07) is 10.00. The van der Waals surface area contributed by atoms with Crippen LogP contribution in [0.5, 0.6) is 0 Å². The number of nitrogens with one attached hydrogen (secondary N) is 1. The Bertz CT molecular complexity index is 645. The summed E-state index contributed by atoms with van der Waals surface area (Å²) in [6.45, 7) is 0. The van der Waals surface area contributed by atoms with E-state index >= 15 is 0 Å². The van der Waals surface area contributed by atoms with Crippen molar-refractivity contribution < 1.29 is 9.18 Å². The van der Waals surface area contributed by atoms with E-state index < -0.39 is 0 Å². The molecule has 0 unspecified atom stereocenters. The lowest BCUT2D eigenvalue weighted by molar-refractivity contribution is -0.117. The van der Waals surface area contributed by atoms with Crippen LogP contribution in [0.4, 0.5) is 10.2 Å². The predicted molar refractivity (Wildman–Crippen MR) is 77.8 cm³/mol. The van der Waals surface area contributed by atoms with Crippen molar-refractivity contribution in [2.45, 2.75) is 12.3 Å². The summed E-state index contributed by atoms with van der Waals surface area (Å²) in [5, 5.41) is 2.78. The highest BCUT2D eigenvalue weighted by atomic mass is 79.9. The minimum absolute atomic E-state index is 0.0610. The Morgan fingerprint density at radius 3 is 2.90 bits per heavy atom. The smallest absolute Gasteiger partial charge is 0.229 e. The average Bonchev–Trinajstić information content (AvgIpc) is 3.22. The Kier molecular flexibility index (Phi) is 3.53. The minimum atomic E-state index is -0.261. The molecular weight excluding hydrogens is 323 g/mol. The number of carbonyl (C=O) groups is 1. The molecule has 0 bridgehead atoms. The van der Waals surface area contributed by atoms with Crippen LogP contribution in [-0.2, 0) is 4.79 Å². The van der Waals surface area contributed by atoms with Gasteiger partial charge in [0.25, 0.3) is 0 Å². The number of benzene rings is 1. The lowest BCUT2D eigenvalue weighted by atomic mass is 10.1. The number of carbonyl (C=O) groups excluding carboxylic acids is 1. The molecule has 1 heterocycles. The van der Waals surface area contributed by atoms with E-state index in [1.807, 2.05) is 12.1 Å². The fraction of sp³-hybridized carbons (Fsp3) is 0.200. The van der Waals surface area contributed by atoms with Gasteiger partial charge in [0.15, 0.2) is 0 Å². The van der Waals surface area contributed by atoms with E-state index in [4.69, 9.17) is 0 Å². The Morgan fingerprint density at radius 2 is 2.20 bits per heavy atom. The number of rotatable bonds is 3. The van der Waals surface area contributed by atoms with Gasteiger partial charge in [-0.15, -0.1) is 0 Å². The molecule has 5 heteroatoms. The maximum atomic E-state index is 13.2. The van der Waals surface area contributed by atoms with Gasteiger partial charge in [0, 0.05) is 16.6 Å². The summed E-state index contributed by atoms with van der Waals surface area (Å²) in [4.78, 5) is 16.2. The molecule has 20 heavy (non-hydrogen) atoms. The SMILES string of the molecule is O=C(Nc1ccc(Br)cn1)[C@H]1C[C@@H]1c1cccc(F)c1. The number of anilines is 1. The second-order valence-corrected chi connectivity index (χ2v) is 5.77. The van der Waals surface area contributed by atoms with E-state index in [9.17, 15) is 9.18 Å². The van der Waals surface area contributed by atoms with Crippen LogP contribution in [0.1, 0.15) is 17.9 Å². The molecule has 1 fully saturated rings. The van der Waals surface area contributed by atoms with Crippen LogP contribution >= 0.6 is 15.9 Å². The van der Waals surface area contributed by atoms with Crippen molar-refractivity contribution in [3.05, 3.63) is 58.4 Å². The summed E-state index contributed by atoms with van der Waals surface area (Å²) >= 11 is 3.29. The molecule has 0 saturated heterocycles. The topological polar surface area (TPSA) is 42.0 Å². The van der Waals surface area contributed by atoms with Gasteiger partial charge >= 0.3 is 0 Å². The summed E-state index contributed by atoms with van der Waals surface area (Å²) in [5.41, 5.74) is 0.883. The van der Waals surface area contributed by atoms with Gasteiger partial charge < -0.3 is 5.32 Å². The van der Waals surface area contributed by atoms with Gasteiger partial charge in [-0.1, -0.05) is 12.1 Å². The van der Waals surface area contributed by atoms with Crippen molar-refractivity contribution in [2.24, 2.45) is 5.92 Å². The number of halogens is 2. The third kappa shape index (κ3) is 2.88. The molecule has 102 valence electrons. The maximum Gasteiger partial charge on any atom is 0.229 e. The summed E-state index contributed by atoms with van der Waals surface area (Å²) in [7, 11) is 0. The summed E-state index contributed by atoms with van der Waals surface area (Å²) in [5.74, 6) is 0.226. The zero-order valence-electron chi connectivity index (χ0n) is 10.5. The first-order valence-electron chi connectivity index (χ1n) is 6.31. The second kappa shape index (κ2) is 5.32. The Hall–Kier alpha value is -1.75. The molecule has 0 spiro atoms. The molecule has 2 aromatic rings. The third-order valence-corrected chi connectivity index (χ3v) is 3.85. The van der Waals surface area contributed by atoms with Gasteiger partial charge in [-0.2, -0.15) is 0 Å². The number of amides is 1. The normalized spacial score (nSPS) is 20.5. The predicted octanol–water partition coefficient (Wildman–Crippen LogP) is 3.73. The number of nitrogens with zero attached hydrogens (tertiary/aromatic N) is 1. The lowest BCUT2D eigenvalue weighted by Crippen LogP contribution is -2.15. The van der Waals surface area contributed by atoms with Crippen molar-refractivity contribution in [3.8, 4) is 0 Å². The Labute approximate surface area is 124 Å². The molecule has 3 rings (SSSR count). The molecule has 1 aliphatic rings. The van der Waals surface area contributed by atoms with Crippen LogP contribution in [0.25, 0.3) is 0 Å². The number of pyridine rings is 1. The van der Waals surface area contributed by atoms with Crippen molar-refractivity contribution in [1.82, 2.24) is 4.98 Å². The van der Waals surface area contributed by atoms with Crippen LogP contribution < -0.4 is 5.32 Å². The van der Waals surface area contributed by atoms with Crippen molar-refractivity contribution in [2.75, 3.05) is 5.32 Å². The fourth-order valence-electron chi connectivity index (χ4n) is 2.26. The summed E-state index contributed by atoms with van der Waals surface area (Å²) in [6.07, 6.45) is 2.39. The minimum Gasteiger partial charge on any atom is -0.310 e. The van der Waals surface area contributed by atoms with Crippen LogP contribution in [0.2, 0.25) is 0 Å². The lowest BCUT2D eigenvalue weighted by Gasteiger charge is -2.04. The molecule has 1 N–H and O–H groups in total. The van der Waals surface area contributed by atoms with Gasteiger partial charge in [0.05, 0.1) is 0 Å². The van der Waals surface area contributed by atoms with E-state index in [1.165, 1.54) is 12.1 Å². The van der Waals surface area contributed by atoms with E-state index in [1.54, 1.807) is 18.3 Å². The van der Waals surface area contributed by atoms with E-state index in [0.717, 1.165) is 16.5 Å². The van der Waals surface area contributed by atoms with Crippen LogP contribution in [0, 0.1) is 11.7 Å². The first-order valence-corrected chi connectivity index (χ1v) is 7.10. The Balaban J connectivity index is 1.64. The first kappa shape index (κ1) is 13.2. The molecule has 1 aromatic carbocycles. The zero-order valence-corrected chi connectivity index (χ0v) is 12.1. The molecule has 1 aliphatic carbocycles. The largest absolute Gasteiger partial charge is 0.310 e. The molecule has 0 aliphatic heterocycles. The molecule has 2 atom stereocenters. The number of aromatic nitrogens is 1. The number of hydrogen-bond donors (Lipinski definition) is 1. The van der Waals surface area contributed by atoms with E-state index in [0.29, 0.717) is 5.82 Å². The van der Waals surface area contributed by atoms with Gasteiger partial charge in [0.1, 0.15) is 11.6 Å². The highest BCUT2D eigenvalue weighted by Crippen LogP contribution is 2.48. The van der Waals surface area contributed by atoms with E-state index in [-0.39, 0.29) is 23.6 Å². The monoisotopic (exact) mass is 334 g/mol. The highest BCUT2D eigenvalue weighted by molar-refractivity contribution is 9.10. The molecule has 1 saturated carbocycles. The standard InChI is InChI=1S/C15H12BrFN2O/c16-10-4-5-14(18-8-10)19-15(20)13-7-12(13)9-2-1-3-11(17)6-9/h1-6,8,12-13H,7H2,(H,18,19,20)/t12-,13+/m1/s1. The molecular formula is C15H12BrFN2O. The highest BCUT2D eigenvalue weighted by Gasteiger charge is 2.44. The zero-order chi connectivity index (χ0) is 14.1. The van der Waals surface area contributed by atoms with Gasteiger partial charge in [0.2, 0.25) is 5.91 Å². The van der Waals surface area contributed by atoms with Crippen molar-refractivity contribution in [3.63, 3.8) is 0 Å². The molecule has 1 amide bonds. The van der Waals surface area contributed by atoms with Crippen LogP contribution in [0.15, 0.2) is 47.1 Å². The maximum absolute atomic E-state index is 13.2. The van der Waals surface area contributed by atoms with Gasteiger partial charge in [-0.25, -0.2) is 9.37 Å². The summed E-state index contributed by atoms with van der Waals surface area (Å²) < 4.78 is 14.0.